The molecule has 0 fully saturated rings. The summed E-state index contributed by atoms with van der Waals surface area (Å²) >= 11 is 0. The van der Waals surface area contributed by atoms with Crippen LogP contribution in [0.4, 0.5) is 15.8 Å². The van der Waals surface area contributed by atoms with Gasteiger partial charge in [0.25, 0.3) is 0 Å². The van der Waals surface area contributed by atoms with Crippen LogP contribution in [-0.2, 0) is 9.59 Å². The summed E-state index contributed by atoms with van der Waals surface area (Å²) in [6.07, 6.45) is 0.975. The SMILES string of the molecule is CC[C@H](C)c1ccccc1NC(=O)[C@@H](C)N(C)CC(=O)Nc1cccc(F)c1. The summed E-state index contributed by atoms with van der Waals surface area (Å²) in [6.45, 7) is 5.99. The van der Waals surface area contributed by atoms with Gasteiger partial charge in [0.15, 0.2) is 0 Å². The quantitative estimate of drug-likeness (QED) is 0.715. The smallest absolute Gasteiger partial charge is 0.241 e. The molecule has 5 nitrogen and oxygen atoms in total. The number of carbonyl (C=O) groups is 2. The molecule has 0 aromatic heterocycles. The van der Waals surface area contributed by atoms with Crippen LogP contribution in [0.5, 0.6) is 0 Å². The number of hydrogen-bond acceptors (Lipinski definition) is 3. The highest BCUT2D eigenvalue weighted by Gasteiger charge is 2.21. The molecular formula is C22H28FN3O2. The lowest BCUT2D eigenvalue weighted by Gasteiger charge is -2.24. The van der Waals surface area contributed by atoms with Gasteiger partial charge >= 0.3 is 0 Å². The molecule has 0 aliphatic heterocycles. The number of carbonyl (C=O) groups excluding carboxylic acids is 2. The zero-order chi connectivity index (χ0) is 20.7. The van der Waals surface area contributed by atoms with Crippen molar-refractivity contribution >= 4 is 23.2 Å². The van der Waals surface area contributed by atoms with Crippen molar-refractivity contribution < 1.29 is 14.0 Å². The first-order chi connectivity index (χ1) is 13.3. The molecule has 2 atom stereocenters. The second-order valence-corrected chi connectivity index (χ2v) is 7.04. The molecule has 2 rings (SSSR count). The first-order valence-corrected chi connectivity index (χ1v) is 9.47. The average Bonchev–Trinajstić information content (AvgIpc) is 2.67. The minimum atomic E-state index is -0.511. The van der Waals surface area contributed by atoms with Crippen molar-refractivity contribution in [1.82, 2.24) is 4.90 Å². The van der Waals surface area contributed by atoms with Crippen molar-refractivity contribution in [3.8, 4) is 0 Å². The zero-order valence-electron chi connectivity index (χ0n) is 16.8. The maximum absolute atomic E-state index is 13.2. The van der Waals surface area contributed by atoms with Gasteiger partial charge in [-0.3, -0.25) is 14.5 Å². The highest BCUT2D eigenvalue weighted by molar-refractivity contribution is 5.96. The van der Waals surface area contributed by atoms with E-state index in [4.69, 9.17) is 0 Å². The minimum absolute atomic E-state index is 0.0120. The second kappa shape index (κ2) is 9.99. The lowest BCUT2D eigenvalue weighted by molar-refractivity contribution is -0.122. The van der Waals surface area contributed by atoms with E-state index in [0.717, 1.165) is 17.7 Å². The van der Waals surface area contributed by atoms with Crippen molar-refractivity contribution in [3.05, 3.63) is 59.9 Å². The molecule has 0 bridgehead atoms. The molecule has 2 amide bonds. The summed E-state index contributed by atoms with van der Waals surface area (Å²) in [7, 11) is 1.70. The molecule has 0 saturated heterocycles. The maximum Gasteiger partial charge on any atom is 0.241 e. The molecule has 2 aromatic carbocycles. The van der Waals surface area contributed by atoms with Crippen LogP contribution >= 0.6 is 0 Å². The summed E-state index contributed by atoms with van der Waals surface area (Å²) in [6, 6.07) is 13.0. The number of rotatable bonds is 8. The van der Waals surface area contributed by atoms with E-state index in [1.807, 2.05) is 24.3 Å². The van der Waals surface area contributed by atoms with Crippen LogP contribution in [0.3, 0.4) is 0 Å². The third-order valence-electron chi connectivity index (χ3n) is 4.90. The molecule has 0 saturated carbocycles. The van der Waals surface area contributed by atoms with E-state index < -0.39 is 11.9 Å². The topological polar surface area (TPSA) is 61.4 Å². The van der Waals surface area contributed by atoms with Crippen LogP contribution in [-0.4, -0.2) is 36.3 Å². The Kier molecular flexibility index (Phi) is 7.70. The van der Waals surface area contributed by atoms with Crippen molar-refractivity contribution in [2.24, 2.45) is 0 Å². The van der Waals surface area contributed by atoms with Gasteiger partial charge in [0.2, 0.25) is 11.8 Å². The number of halogens is 1. The number of nitrogens with one attached hydrogen (secondary N) is 2. The van der Waals surface area contributed by atoms with Crippen molar-refractivity contribution in [1.29, 1.82) is 0 Å². The number of nitrogens with zero attached hydrogens (tertiary/aromatic N) is 1. The Bertz CT molecular complexity index is 825. The fourth-order valence-electron chi connectivity index (χ4n) is 2.83. The normalized spacial score (nSPS) is 13.1. The van der Waals surface area contributed by atoms with Gasteiger partial charge in [-0.15, -0.1) is 0 Å². The third kappa shape index (κ3) is 5.89. The fourth-order valence-corrected chi connectivity index (χ4v) is 2.83. The van der Waals surface area contributed by atoms with E-state index in [9.17, 15) is 14.0 Å². The lowest BCUT2D eigenvalue weighted by atomic mass is 9.97. The van der Waals surface area contributed by atoms with Crippen LogP contribution < -0.4 is 10.6 Å². The van der Waals surface area contributed by atoms with Crippen molar-refractivity contribution in [2.75, 3.05) is 24.2 Å². The Morgan fingerprint density at radius 1 is 1.07 bits per heavy atom. The predicted molar refractivity (Wildman–Crippen MR) is 111 cm³/mol. The summed E-state index contributed by atoms with van der Waals surface area (Å²) in [5, 5.41) is 5.61. The molecule has 0 aliphatic rings. The molecule has 2 N–H and O–H groups in total. The molecule has 6 heteroatoms. The van der Waals surface area contributed by atoms with E-state index in [2.05, 4.69) is 24.5 Å². The Balaban J connectivity index is 1.96. The Morgan fingerprint density at radius 2 is 1.79 bits per heavy atom. The lowest BCUT2D eigenvalue weighted by Crippen LogP contribution is -2.43. The summed E-state index contributed by atoms with van der Waals surface area (Å²) < 4.78 is 13.2. The van der Waals surface area contributed by atoms with Crippen LogP contribution in [0.1, 0.15) is 38.7 Å². The molecular weight excluding hydrogens is 357 g/mol. The highest BCUT2D eigenvalue weighted by Crippen LogP contribution is 2.26. The number of likely N-dealkylation sites (N-methyl/N-ethyl adjacent to an activating group) is 1. The van der Waals surface area contributed by atoms with E-state index in [0.29, 0.717) is 11.6 Å². The largest absolute Gasteiger partial charge is 0.325 e. The van der Waals surface area contributed by atoms with Gasteiger partial charge < -0.3 is 10.6 Å². The van der Waals surface area contributed by atoms with Gasteiger partial charge in [0.1, 0.15) is 5.82 Å². The molecule has 2 aromatic rings. The first kappa shape index (κ1) is 21.6. The van der Waals surface area contributed by atoms with Crippen LogP contribution in [0, 0.1) is 5.82 Å². The standard InChI is InChI=1S/C22H28FN3O2/c1-5-15(2)19-11-6-7-12-20(19)25-22(28)16(3)26(4)14-21(27)24-18-10-8-9-17(23)13-18/h6-13,15-16H,5,14H2,1-4H3,(H,24,27)(H,25,28)/t15-,16+/m0/s1. The second-order valence-electron chi connectivity index (χ2n) is 7.04. The number of amides is 2. The van der Waals surface area contributed by atoms with Gasteiger partial charge in [-0.25, -0.2) is 4.39 Å². The number of anilines is 2. The van der Waals surface area contributed by atoms with Gasteiger partial charge in [-0.05, 0) is 56.1 Å². The van der Waals surface area contributed by atoms with Gasteiger partial charge in [-0.2, -0.15) is 0 Å². The first-order valence-electron chi connectivity index (χ1n) is 9.47. The van der Waals surface area contributed by atoms with Gasteiger partial charge in [0, 0.05) is 11.4 Å². The van der Waals surface area contributed by atoms with E-state index >= 15 is 0 Å². The summed E-state index contributed by atoms with van der Waals surface area (Å²) in [5.41, 5.74) is 2.28. The molecule has 28 heavy (non-hydrogen) atoms. The van der Waals surface area contributed by atoms with Crippen molar-refractivity contribution in [3.63, 3.8) is 0 Å². The Hall–Kier alpha value is -2.73. The van der Waals surface area contributed by atoms with E-state index in [1.165, 1.54) is 18.2 Å². The zero-order valence-corrected chi connectivity index (χ0v) is 16.8. The van der Waals surface area contributed by atoms with Crippen LogP contribution in [0.15, 0.2) is 48.5 Å². The van der Waals surface area contributed by atoms with E-state index in [-0.39, 0.29) is 18.4 Å². The highest BCUT2D eigenvalue weighted by atomic mass is 19.1. The van der Waals surface area contributed by atoms with Crippen LogP contribution in [0.2, 0.25) is 0 Å². The average molecular weight is 385 g/mol. The number of benzene rings is 2. The minimum Gasteiger partial charge on any atom is -0.325 e. The Labute approximate surface area is 165 Å². The molecule has 0 radical (unpaired) electrons. The summed E-state index contributed by atoms with van der Waals surface area (Å²) in [4.78, 5) is 26.5. The van der Waals surface area contributed by atoms with Crippen molar-refractivity contribution in [2.45, 2.75) is 39.2 Å². The molecule has 150 valence electrons. The summed E-state index contributed by atoms with van der Waals surface area (Å²) in [5.74, 6) is -0.579. The van der Waals surface area contributed by atoms with Gasteiger partial charge in [0.05, 0.1) is 12.6 Å². The molecule has 0 unspecified atom stereocenters. The monoisotopic (exact) mass is 385 g/mol. The van der Waals surface area contributed by atoms with E-state index in [1.54, 1.807) is 24.9 Å². The fraction of sp³-hybridized carbons (Fsp3) is 0.364. The number of hydrogen-bond donors (Lipinski definition) is 2. The predicted octanol–water partition coefficient (Wildman–Crippen LogP) is 4.24. The molecule has 0 heterocycles. The molecule has 0 aliphatic carbocycles. The third-order valence-corrected chi connectivity index (χ3v) is 4.90. The van der Waals surface area contributed by atoms with Gasteiger partial charge in [-0.1, -0.05) is 38.1 Å². The Morgan fingerprint density at radius 3 is 2.46 bits per heavy atom. The number of para-hydroxylation sites is 1. The maximum atomic E-state index is 13.2. The van der Waals surface area contributed by atoms with Crippen LogP contribution in [0.25, 0.3) is 0 Å². The molecule has 0 spiro atoms.